The maximum absolute atomic E-state index is 8.78. The van der Waals surface area contributed by atoms with Crippen LogP contribution in [0.4, 0.5) is 0 Å². The van der Waals surface area contributed by atoms with Crippen molar-refractivity contribution in [2.75, 3.05) is 13.2 Å². The van der Waals surface area contributed by atoms with E-state index in [1.165, 1.54) is 18.4 Å². The molecule has 0 aromatic heterocycles. The second-order valence-corrected chi connectivity index (χ2v) is 4.49. The molecule has 0 rings (SSSR count). The highest BCUT2D eigenvalue weighted by molar-refractivity contribution is 5.01. The summed E-state index contributed by atoms with van der Waals surface area (Å²) in [4.78, 5) is 0. The van der Waals surface area contributed by atoms with Crippen LogP contribution in [0.25, 0.3) is 0 Å². The third kappa shape index (κ3) is 15.7. The molecule has 0 aliphatic carbocycles. The van der Waals surface area contributed by atoms with Crippen LogP contribution < -0.4 is 0 Å². The molecule has 0 aromatic carbocycles. The molecule has 0 radical (unpaired) electrons. The van der Waals surface area contributed by atoms with Gasteiger partial charge in [-0.25, -0.2) is 0 Å². The maximum Gasteiger partial charge on any atom is 0.0465 e. The predicted molar refractivity (Wildman–Crippen MR) is 76.1 cm³/mol. The van der Waals surface area contributed by atoms with E-state index in [1.54, 1.807) is 0 Å². The minimum Gasteiger partial charge on any atom is -0.396 e. The molecule has 2 heteroatoms. The van der Waals surface area contributed by atoms with Crippen LogP contribution in [0.5, 0.6) is 0 Å². The lowest BCUT2D eigenvalue weighted by atomic mass is 9.99. The van der Waals surface area contributed by atoms with Crippen molar-refractivity contribution in [3.8, 4) is 0 Å². The van der Waals surface area contributed by atoms with Gasteiger partial charge in [0.05, 0.1) is 0 Å². The van der Waals surface area contributed by atoms with Crippen LogP contribution in [0.15, 0.2) is 11.6 Å². The maximum atomic E-state index is 8.78. The molecule has 0 aliphatic heterocycles. The first kappa shape index (κ1) is 19.0. The Morgan fingerprint density at radius 2 is 1.59 bits per heavy atom. The Hall–Kier alpha value is -0.340. The van der Waals surface area contributed by atoms with E-state index >= 15 is 0 Å². The molecule has 0 fully saturated rings. The Morgan fingerprint density at radius 1 is 1.00 bits per heavy atom. The quantitative estimate of drug-likeness (QED) is 0.603. The standard InChI is InChI=1S/C13H26O2.C2H6/c1-12(2)6-3-7-13(8-4-10-14)9-5-11-15;1-2/h8,12,14-15H,3-7,9-11H2,1-2H3;1-2H3/b13-8+;. The van der Waals surface area contributed by atoms with Crippen molar-refractivity contribution in [3.63, 3.8) is 0 Å². The molecule has 0 spiro atoms. The molecule has 0 atom stereocenters. The molecule has 0 amide bonds. The van der Waals surface area contributed by atoms with Crippen LogP contribution in [0.1, 0.15) is 66.2 Å². The van der Waals surface area contributed by atoms with Gasteiger partial charge in [0.25, 0.3) is 0 Å². The van der Waals surface area contributed by atoms with E-state index in [1.807, 2.05) is 13.8 Å². The number of aliphatic hydroxyl groups excluding tert-OH is 2. The van der Waals surface area contributed by atoms with Gasteiger partial charge in [0.2, 0.25) is 0 Å². The third-order valence-corrected chi connectivity index (χ3v) is 2.50. The molecule has 0 saturated heterocycles. The zero-order chi connectivity index (χ0) is 13.5. The average molecular weight is 244 g/mol. The molecule has 0 heterocycles. The fraction of sp³-hybridized carbons (Fsp3) is 0.867. The Labute approximate surface area is 108 Å². The molecule has 0 saturated carbocycles. The largest absolute Gasteiger partial charge is 0.396 e. The van der Waals surface area contributed by atoms with Gasteiger partial charge in [-0.2, -0.15) is 0 Å². The van der Waals surface area contributed by atoms with Gasteiger partial charge in [-0.3, -0.25) is 0 Å². The first-order valence-electron chi connectivity index (χ1n) is 7.10. The van der Waals surface area contributed by atoms with Gasteiger partial charge >= 0.3 is 0 Å². The number of hydrogen-bond acceptors (Lipinski definition) is 2. The molecule has 0 unspecified atom stereocenters. The third-order valence-electron chi connectivity index (χ3n) is 2.50. The van der Waals surface area contributed by atoms with Crippen molar-refractivity contribution in [1.82, 2.24) is 0 Å². The number of hydrogen-bond donors (Lipinski definition) is 2. The summed E-state index contributed by atoms with van der Waals surface area (Å²) in [5.41, 5.74) is 1.40. The van der Waals surface area contributed by atoms with E-state index in [0.717, 1.165) is 31.6 Å². The fourth-order valence-electron chi connectivity index (χ4n) is 1.64. The summed E-state index contributed by atoms with van der Waals surface area (Å²) in [6.07, 6.45) is 8.32. The van der Waals surface area contributed by atoms with Gasteiger partial charge < -0.3 is 10.2 Å². The summed E-state index contributed by atoms with van der Waals surface area (Å²) in [6, 6.07) is 0. The first-order chi connectivity index (χ1) is 8.20. The molecule has 2 nitrogen and oxygen atoms in total. The van der Waals surface area contributed by atoms with Crippen molar-refractivity contribution in [2.45, 2.75) is 66.2 Å². The van der Waals surface area contributed by atoms with Gasteiger partial charge in [-0.05, 0) is 38.0 Å². The van der Waals surface area contributed by atoms with Gasteiger partial charge in [0.15, 0.2) is 0 Å². The van der Waals surface area contributed by atoms with Crippen LogP contribution in [-0.2, 0) is 0 Å². The molecule has 0 aromatic rings. The SMILES string of the molecule is CC.CC(C)CCC/C(=C\CCO)CCCO. The van der Waals surface area contributed by atoms with Crippen molar-refractivity contribution >= 4 is 0 Å². The Balaban J connectivity index is 0. The topological polar surface area (TPSA) is 40.5 Å². The van der Waals surface area contributed by atoms with E-state index in [9.17, 15) is 0 Å². The normalized spacial score (nSPS) is 11.4. The molecule has 104 valence electrons. The zero-order valence-corrected chi connectivity index (χ0v) is 12.2. The van der Waals surface area contributed by atoms with Crippen molar-refractivity contribution < 1.29 is 10.2 Å². The van der Waals surface area contributed by atoms with Gasteiger partial charge in [0, 0.05) is 13.2 Å². The second-order valence-electron chi connectivity index (χ2n) is 4.49. The average Bonchev–Trinajstić information content (AvgIpc) is 2.34. The van der Waals surface area contributed by atoms with Crippen LogP contribution in [0, 0.1) is 5.92 Å². The van der Waals surface area contributed by atoms with Gasteiger partial charge in [-0.1, -0.05) is 45.8 Å². The van der Waals surface area contributed by atoms with Crippen LogP contribution in [-0.4, -0.2) is 23.4 Å². The summed E-state index contributed by atoms with van der Waals surface area (Å²) >= 11 is 0. The highest BCUT2D eigenvalue weighted by Crippen LogP contribution is 2.16. The van der Waals surface area contributed by atoms with E-state index in [2.05, 4.69) is 19.9 Å². The fourth-order valence-corrected chi connectivity index (χ4v) is 1.64. The molecule has 2 N–H and O–H groups in total. The van der Waals surface area contributed by atoms with Gasteiger partial charge in [0.1, 0.15) is 0 Å². The van der Waals surface area contributed by atoms with Crippen molar-refractivity contribution in [3.05, 3.63) is 11.6 Å². The molecular weight excluding hydrogens is 212 g/mol. The smallest absolute Gasteiger partial charge is 0.0465 e. The lowest BCUT2D eigenvalue weighted by Gasteiger charge is -2.08. The second kappa shape index (κ2) is 15.7. The van der Waals surface area contributed by atoms with E-state index in [4.69, 9.17) is 10.2 Å². The summed E-state index contributed by atoms with van der Waals surface area (Å²) in [5.74, 6) is 0.766. The highest BCUT2D eigenvalue weighted by Gasteiger charge is 1.99. The lowest BCUT2D eigenvalue weighted by Crippen LogP contribution is -1.93. The Bertz CT molecular complexity index is 162. The van der Waals surface area contributed by atoms with Crippen molar-refractivity contribution in [2.24, 2.45) is 5.92 Å². The van der Waals surface area contributed by atoms with Crippen LogP contribution >= 0.6 is 0 Å². The Morgan fingerprint density at radius 3 is 2.06 bits per heavy atom. The van der Waals surface area contributed by atoms with Gasteiger partial charge in [-0.15, -0.1) is 0 Å². The monoisotopic (exact) mass is 244 g/mol. The number of allylic oxidation sites excluding steroid dienone is 1. The van der Waals surface area contributed by atoms with Crippen LogP contribution in [0.2, 0.25) is 0 Å². The number of rotatable bonds is 9. The Kier molecular flexibility index (Phi) is 17.5. The summed E-state index contributed by atoms with van der Waals surface area (Å²) < 4.78 is 0. The van der Waals surface area contributed by atoms with Crippen molar-refractivity contribution in [1.29, 1.82) is 0 Å². The highest BCUT2D eigenvalue weighted by atomic mass is 16.3. The number of aliphatic hydroxyl groups is 2. The van der Waals surface area contributed by atoms with E-state index < -0.39 is 0 Å². The summed E-state index contributed by atoms with van der Waals surface area (Å²) in [5, 5.41) is 17.5. The van der Waals surface area contributed by atoms with Crippen LogP contribution in [0.3, 0.4) is 0 Å². The molecular formula is C15H32O2. The molecule has 0 aliphatic rings. The zero-order valence-electron chi connectivity index (χ0n) is 12.2. The molecule has 17 heavy (non-hydrogen) atoms. The lowest BCUT2D eigenvalue weighted by molar-refractivity contribution is 0.287. The first-order valence-corrected chi connectivity index (χ1v) is 7.10. The summed E-state index contributed by atoms with van der Waals surface area (Å²) in [6.45, 7) is 8.98. The summed E-state index contributed by atoms with van der Waals surface area (Å²) in [7, 11) is 0. The molecule has 0 bridgehead atoms. The van der Waals surface area contributed by atoms with E-state index in [0.29, 0.717) is 0 Å². The minimum absolute atomic E-state index is 0.229. The predicted octanol–water partition coefficient (Wildman–Crippen LogP) is 3.92. The van der Waals surface area contributed by atoms with E-state index in [-0.39, 0.29) is 13.2 Å². The minimum atomic E-state index is 0.229.